The molecule has 0 aromatic heterocycles. The van der Waals surface area contributed by atoms with Crippen LogP contribution in [0.25, 0.3) is 0 Å². The maximum atomic E-state index is 10.7. The molecule has 2 aliphatic heterocycles. The molecule has 186 valence electrons. The summed E-state index contributed by atoms with van der Waals surface area (Å²) in [5.41, 5.74) is -0.277. The van der Waals surface area contributed by atoms with Crippen LogP contribution in [0.5, 0.6) is 5.75 Å². The minimum absolute atomic E-state index is 0.181. The van der Waals surface area contributed by atoms with E-state index in [1.807, 2.05) is 0 Å². The van der Waals surface area contributed by atoms with Crippen molar-refractivity contribution in [3.63, 3.8) is 0 Å². The van der Waals surface area contributed by atoms with Gasteiger partial charge in [0.1, 0.15) is 48.5 Å². The molecule has 0 radical (unpaired) electrons. The summed E-state index contributed by atoms with van der Waals surface area (Å²) >= 11 is 0. The lowest BCUT2D eigenvalue weighted by molar-refractivity contribution is -0.435. The Morgan fingerprint density at radius 2 is 1.55 bits per heavy atom. The number of aliphatic hydroxyl groups excluding tert-OH is 7. The van der Waals surface area contributed by atoms with Gasteiger partial charge in [-0.15, -0.1) is 0 Å². The van der Waals surface area contributed by atoms with Gasteiger partial charge in [0.25, 0.3) is 5.69 Å². The third-order valence-corrected chi connectivity index (χ3v) is 5.35. The predicted molar refractivity (Wildman–Crippen MR) is 101 cm³/mol. The molecule has 0 spiro atoms. The number of nitro benzene ring substituents is 1. The average molecular weight is 479 g/mol. The lowest BCUT2D eigenvalue weighted by Gasteiger charge is -2.48. The number of hydrogen-bond acceptors (Lipinski definition) is 14. The molecule has 0 amide bonds. The van der Waals surface area contributed by atoms with Crippen molar-refractivity contribution in [3.05, 3.63) is 34.4 Å². The van der Waals surface area contributed by atoms with Crippen LogP contribution >= 0.6 is 0 Å². The highest BCUT2D eigenvalue weighted by molar-refractivity contribution is 5.36. The topological polar surface area (TPSA) is 242 Å². The van der Waals surface area contributed by atoms with Gasteiger partial charge in [0.15, 0.2) is 12.4 Å². The summed E-state index contributed by atoms with van der Waals surface area (Å²) in [5.74, 6) is -3.10. The van der Waals surface area contributed by atoms with Crippen molar-refractivity contribution in [2.45, 2.75) is 61.1 Å². The number of nitrogens with zero attached hydrogens (tertiary/aromatic N) is 1. The van der Waals surface area contributed by atoms with Gasteiger partial charge in [0, 0.05) is 12.1 Å². The van der Waals surface area contributed by atoms with E-state index in [9.17, 15) is 51.0 Å². The standard InChI is InChI=1S/C18H25NO14/c20-5-9-11(22)12(23)13(24)17(30-9)31-15-10(6-21)33-18(27,16(26)14(15)25)32-8-3-1-7(2-4-8)19(28)29/h1-4,9-17,20-27H,5-6H2/t9-,10-,11+,12+,13-,14+,15-,16-,17+,18?/m1/s1. The molecule has 0 bridgehead atoms. The van der Waals surface area contributed by atoms with E-state index in [1.165, 1.54) is 0 Å². The Hall–Kier alpha value is -2.02. The maximum Gasteiger partial charge on any atom is 0.355 e. The molecule has 1 aromatic rings. The first-order valence-corrected chi connectivity index (χ1v) is 9.79. The van der Waals surface area contributed by atoms with Crippen LogP contribution in [-0.2, 0) is 14.2 Å². The molecule has 2 aliphatic rings. The molecule has 15 heteroatoms. The molecule has 3 rings (SSSR count). The lowest BCUT2D eigenvalue weighted by Crippen LogP contribution is -2.69. The van der Waals surface area contributed by atoms with Crippen LogP contribution in [0.3, 0.4) is 0 Å². The van der Waals surface area contributed by atoms with E-state index in [0.29, 0.717) is 0 Å². The van der Waals surface area contributed by atoms with Crippen molar-refractivity contribution >= 4 is 5.69 Å². The summed E-state index contributed by atoms with van der Waals surface area (Å²) in [6, 6.07) is 4.31. The lowest BCUT2D eigenvalue weighted by atomic mass is 9.96. The minimum Gasteiger partial charge on any atom is -0.437 e. The smallest absolute Gasteiger partial charge is 0.355 e. The zero-order chi connectivity index (χ0) is 24.5. The van der Waals surface area contributed by atoms with Crippen molar-refractivity contribution in [1.82, 2.24) is 0 Å². The Morgan fingerprint density at radius 1 is 0.939 bits per heavy atom. The van der Waals surface area contributed by atoms with E-state index < -0.39 is 79.2 Å². The van der Waals surface area contributed by atoms with Crippen LogP contribution < -0.4 is 4.74 Å². The maximum absolute atomic E-state index is 10.7. The second kappa shape index (κ2) is 10.1. The van der Waals surface area contributed by atoms with E-state index in [4.69, 9.17) is 18.9 Å². The fraction of sp³-hybridized carbons (Fsp3) is 0.667. The fourth-order valence-corrected chi connectivity index (χ4v) is 3.50. The second-order valence-electron chi connectivity index (χ2n) is 7.56. The van der Waals surface area contributed by atoms with E-state index in [1.54, 1.807) is 0 Å². The van der Waals surface area contributed by atoms with Crippen molar-refractivity contribution in [3.8, 4) is 5.75 Å². The molecule has 8 N–H and O–H groups in total. The van der Waals surface area contributed by atoms with Crippen LogP contribution in [0.2, 0.25) is 0 Å². The van der Waals surface area contributed by atoms with Crippen LogP contribution in [0, 0.1) is 10.1 Å². The van der Waals surface area contributed by atoms with Crippen LogP contribution in [-0.4, -0.2) is 120 Å². The Kier molecular flexibility index (Phi) is 7.82. The first kappa shape index (κ1) is 25.6. The Labute approximate surface area is 185 Å². The molecule has 33 heavy (non-hydrogen) atoms. The highest BCUT2D eigenvalue weighted by atomic mass is 16.8. The van der Waals surface area contributed by atoms with Crippen molar-refractivity contribution in [2.75, 3.05) is 13.2 Å². The van der Waals surface area contributed by atoms with Gasteiger partial charge in [0.05, 0.1) is 18.1 Å². The molecule has 2 fully saturated rings. The van der Waals surface area contributed by atoms with E-state index in [-0.39, 0.29) is 11.4 Å². The van der Waals surface area contributed by atoms with E-state index >= 15 is 0 Å². The molecule has 10 atom stereocenters. The Morgan fingerprint density at radius 3 is 2.09 bits per heavy atom. The highest BCUT2D eigenvalue weighted by Crippen LogP contribution is 2.34. The van der Waals surface area contributed by atoms with Crippen molar-refractivity contribution in [2.24, 2.45) is 0 Å². The Bertz CT molecular complexity index is 806. The average Bonchev–Trinajstić information content (AvgIpc) is 2.79. The highest BCUT2D eigenvalue weighted by Gasteiger charge is 2.57. The van der Waals surface area contributed by atoms with Gasteiger partial charge in [-0.3, -0.25) is 10.1 Å². The largest absolute Gasteiger partial charge is 0.437 e. The van der Waals surface area contributed by atoms with Gasteiger partial charge in [-0.2, -0.15) is 0 Å². The number of rotatable bonds is 7. The normalized spacial score (nSPS) is 41.5. The van der Waals surface area contributed by atoms with Crippen LogP contribution in [0.15, 0.2) is 24.3 Å². The zero-order valence-electron chi connectivity index (χ0n) is 16.9. The monoisotopic (exact) mass is 479 g/mol. The first-order valence-electron chi connectivity index (χ1n) is 9.79. The fourth-order valence-electron chi connectivity index (χ4n) is 3.50. The molecule has 2 heterocycles. The van der Waals surface area contributed by atoms with Gasteiger partial charge in [0.2, 0.25) is 0 Å². The summed E-state index contributed by atoms with van der Waals surface area (Å²) in [6.07, 6.45) is -15.8. The second-order valence-corrected chi connectivity index (χ2v) is 7.56. The van der Waals surface area contributed by atoms with Crippen LogP contribution in [0.4, 0.5) is 5.69 Å². The summed E-state index contributed by atoms with van der Waals surface area (Å²) in [7, 11) is 0. The SMILES string of the molecule is O=[N+]([O-])c1ccc(OC2(O)O[C@H](CO)[C@@H](O[C@@H]3O[C@H](CO)[C@H](O)[C@H](O)[C@H]3O)[C@H](O)[C@H]2O)cc1. The zero-order valence-corrected chi connectivity index (χ0v) is 16.9. The molecular formula is C18H25NO14. The number of non-ortho nitro benzene ring substituents is 1. The number of nitro groups is 1. The predicted octanol–water partition coefficient (Wildman–Crippen LogP) is -4.08. The summed E-state index contributed by atoms with van der Waals surface area (Å²) < 4.78 is 20.9. The molecule has 15 nitrogen and oxygen atoms in total. The van der Waals surface area contributed by atoms with E-state index in [2.05, 4.69) is 0 Å². The van der Waals surface area contributed by atoms with Gasteiger partial charge in [-0.1, -0.05) is 0 Å². The van der Waals surface area contributed by atoms with E-state index in [0.717, 1.165) is 24.3 Å². The summed E-state index contributed by atoms with van der Waals surface area (Å²) in [6.45, 7) is -1.64. The number of aliphatic hydroxyl groups is 8. The van der Waals surface area contributed by atoms with Gasteiger partial charge in [-0.05, 0) is 12.1 Å². The van der Waals surface area contributed by atoms with Gasteiger partial charge >= 0.3 is 5.97 Å². The third kappa shape index (κ3) is 5.08. The number of hydrogen-bond donors (Lipinski definition) is 8. The minimum atomic E-state index is -2.92. The molecule has 2 saturated heterocycles. The number of benzene rings is 1. The quantitative estimate of drug-likeness (QED) is 0.105. The van der Waals surface area contributed by atoms with Crippen LogP contribution in [0.1, 0.15) is 0 Å². The van der Waals surface area contributed by atoms with Gasteiger partial charge in [-0.25, -0.2) is 0 Å². The molecule has 1 unspecified atom stereocenters. The van der Waals surface area contributed by atoms with Crippen molar-refractivity contribution < 1.29 is 64.7 Å². The van der Waals surface area contributed by atoms with Gasteiger partial charge < -0.3 is 59.8 Å². The number of ether oxygens (including phenoxy) is 4. The molecule has 1 aromatic carbocycles. The molecular weight excluding hydrogens is 454 g/mol. The summed E-state index contributed by atoms with van der Waals surface area (Å²) in [5, 5.41) is 91.1. The molecule has 0 aliphatic carbocycles. The third-order valence-electron chi connectivity index (χ3n) is 5.35. The summed E-state index contributed by atoms with van der Waals surface area (Å²) in [4.78, 5) is 10.1. The molecule has 0 saturated carbocycles. The first-order chi connectivity index (χ1) is 15.5. The Balaban J connectivity index is 1.76. The van der Waals surface area contributed by atoms with Crippen molar-refractivity contribution in [1.29, 1.82) is 0 Å².